The number of rotatable bonds is 41. The molecule has 0 aliphatic carbocycles. The molecule has 0 saturated heterocycles. The maximum atomic E-state index is 14.4. The zero-order valence-electron chi connectivity index (χ0n) is 67.5. The zero-order chi connectivity index (χ0) is 83.6. The number of amides is 2. The lowest BCUT2D eigenvalue weighted by Crippen LogP contribution is -2.47. The van der Waals surface area contributed by atoms with Crippen LogP contribution < -0.4 is 49.0 Å². The summed E-state index contributed by atoms with van der Waals surface area (Å²) in [6.45, 7) is 16.5. The number of aryl methyl sites for hydroxylation is 4. The fourth-order valence-electron chi connectivity index (χ4n) is 12.9. The lowest BCUT2D eigenvalue weighted by atomic mass is 10.1. The number of ether oxygens (including phenoxy) is 4. The van der Waals surface area contributed by atoms with Gasteiger partial charge in [0.1, 0.15) is 27.0 Å². The first-order chi connectivity index (χ1) is 54.8. The first-order valence-electron chi connectivity index (χ1n) is 38.5. The lowest BCUT2D eigenvalue weighted by molar-refractivity contribution is -0.111. The number of nitrogens with one attached hydrogen (secondary N) is 4. The molecule has 2 heterocycles. The SMILES string of the molecule is CCCCCCCCCCCCCCOC(=O)c1ccc(OC)c(NC(=O)C(=Nc2ccc(N(CC)CCNS(C)(=O)=O)cc2C)C2=NS(=O)(=O)c3ccccc3N2C)c1.CCN(CCNS(C)(=O)=O)c1ccc(N=C(C(=O)Nc2cc(Cl)ccc2OC)C2=Nc3ccccc3S(=O)(=O)N2CCCOc2ccc(C)cc2C)c(C)c1. The molecule has 0 aromatic heterocycles. The summed E-state index contributed by atoms with van der Waals surface area (Å²) in [7, 11) is -10.7. The van der Waals surface area contributed by atoms with Crippen molar-refractivity contribution in [3.63, 3.8) is 0 Å². The summed E-state index contributed by atoms with van der Waals surface area (Å²) < 4.78 is 135. The summed E-state index contributed by atoms with van der Waals surface area (Å²) in [4.78, 5) is 61.7. The quantitative estimate of drug-likeness (QED) is 0.0157. The number of halogens is 1. The second-order valence-electron chi connectivity index (χ2n) is 27.9. The maximum absolute atomic E-state index is 14.4. The average Bonchev–Trinajstić information content (AvgIpc) is 0.750. The van der Waals surface area contributed by atoms with Gasteiger partial charge in [0.05, 0.1) is 79.6 Å². The molecule has 7 aromatic carbocycles. The van der Waals surface area contributed by atoms with Crippen LogP contribution in [0.4, 0.5) is 45.5 Å². The van der Waals surface area contributed by atoms with Gasteiger partial charge in [0, 0.05) is 75.7 Å². The van der Waals surface area contributed by atoms with E-state index in [-0.39, 0.29) is 101 Å². The van der Waals surface area contributed by atoms with Crippen LogP contribution >= 0.6 is 11.6 Å². The Morgan fingerprint density at radius 2 is 1.05 bits per heavy atom. The minimum Gasteiger partial charge on any atom is -0.495 e. The first-order valence-corrected chi connectivity index (χ1v) is 45.5. The van der Waals surface area contributed by atoms with Crippen molar-refractivity contribution >= 4 is 138 Å². The van der Waals surface area contributed by atoms with Gasteiger partial charge in [0.2, 0.25) is 20.0 Å². The van der Waals surface area contributed by atoms with Crippen molar-refractivity contribution in [2.24, 2.45) is 19.4 Å². The Balaban J connectivity index is 0.000000289. The minimum absolute atomic E-state index is 0.00382. The monoisotopic (exact) mass is 1670 g/mol. The molecular weight excluding hydrogens is 1570 g/mol. The summed E-state index contributed by atoms with van der Waals surface area (Å²) in [5.74, 6) is -1.22. The van der Waals surface area contributed by atoms with E-state index in [9.17, 15) is 48.1 Å². The Morgan fingerprint density at radius 1 is 0.548 bits per heavy atom. The number of carbonyl (C=O) groups is 3. The van der Waals surface area contributed by atoms with Crippen molar-refractivity contribution in [1.29, 1.82) is 0 Å². The van der Waals surface area contributed by atoms with Gasteiger partial charge in [0.25, 0.3) is 31.9 Å². The van der Waals surface area contributed by atoms with Crippen LogP contribution in [0.2, 0.25) is 5.02 Å². The number of aliphatic imine (C=N–C) groups is 3. The van der Waals surface area contributed by atoms with E-state index in [1.807, 2.05) is 80.8 Å². The third-order valence-electron chi connectivity index (χ3n) is 19.0. The van der Waals surface area contributed by atoms with Crippen LogP contribution in [0.3, 0.4) is 0 Å². The van der Waals surface area contributed by atoms with Crippen LogP contribution in [0.5, 0.6) is 17.2 Å². The number of nitrogens with zero attached hydrogens (tertiary/aromatic N) is 8. The van der Waals surface area contributed by atoms with Gasteiger partial charge in [-0.2, -0.15) is 8.42 Å². The largest absolute Gasteiger partial charge is 0.495 e. The van der Waals surface area contributed by atoms with E-state index >= 15 is 0 Å². The van der Waals surface area contributed by atoms with Gasteiger partial charge in [-0.25, -0.2) is 58.8 Å². The number of anilines is 5. The van der Waals surface area contributed by atoms with Crippen LogP contribution in [0.1, 0.15) is 137 Å². The molecule has 9 rings (SSSR count). The van der Waals surface area contributed by atoms with E-state index < -0.39 is 57.9 Å². The fourth-order valence-corrected chi connectivity index (χ4v) is 16.9. The van der Waals surface area contributed by atoms with Crippen molar-refractivity contribution in [3.8, 4) is 17.2 Å². The van der Waals surface area contributed by atoms with Gasteiger partial charge in [-0.3, -0.25) is 9.59 Å². The molecule has 2 aliphatic rings. The Labute approximate surface area is 683 Å². The second-order valence-corrected chi connectivity index (χ2v) is 35.4. The van der Waals surface area contributed by atoms with Gasteiger partial charge in [-0.15, -0.1) is 4.40 Å². The number of methoxy groups -OCH3 is 2. The Hall–Kier alpha value is -9.76. The normalized spacial score (nSPS) is 13.7. The third-order valence-corrected chi connectivity index (χ3v) is 23.9. The highest BCUT2D eigenvalue weighted by atomic mass is 35.5. The van der Waals surface area contributed by atoms with Crippen molar-refractivity contribution in [1.82, 2.24) is 13.7 Å². The summed E-state index contributed by atoms with van der Waals surface area (Å²) in [5, 5.41) is 5.94. The van der Waals surface area contributed by atoms with Crippen LogP contribution in [0, 0.1) is 27.7 Å². The summed E-state index contributed by atoms with van der Waals surface area (Å²) >= 11 is 6.29. The molecule has 0 unspecified atom stereocenters. The minimum atomic E-state index is -4.23. The van der Waals surface area contributed by atoms with E-state index in [1.54, 1.807) is 92.8 Å². The van der Waals surface area contributed by atoms with Crippen LogP contribution in [-0.4, -0.2) is 172 Å². The molecule has 0 saturated carbocycles. The molecule has 32 heteroatoms. The molecule has 115 heavy (non-hydrogen) atoms. The number of carbonyl (C=O) groups excluding carboxylic acids is 3. The molecular formula is C83H107ClN12O15S4. The number of fused-ring (bicyclic) bond motifs is 2. The van der Waals surface area contributed by atoms with E-state index in [0.717, 1.165) is 58.6 Å². The topological polar surface area (TPSA) is 335 Å². The number of likely N-dealkylation sites (N-methyl/N-ethyl adjacent to an activating group) is 2. The molecule has 0 fully saturated rings. The van der Waals surface area contributed by atoms with Crippen LogP contribution in [-0.2, 0) is 54.4 Å². The predicted octanol–water partition coefficient (Wildman–Crippen LogP) is 14.7. The van der Waals surface area contributed by atoms with Gasteiger partial charge in [-0.05, 0) is 168 Å². The molecule has 7 aromatic rings. The highest BCUT2D eigenvalue weighted by molar-refractivity contribution is 7.91. The van der Waals surface area contributed by atoms with Crippen molar-refractivity contribution in [2.45, 2.75) is 142 Å². The first kappa shape index (κ1) is 90.8. The fraction of sp³-hybridized carbons (Fsp3) is 0.410. The molecule has 0 radical (unpaired) electrons. The number of esters is 1. The number of para-hydroxylation sites is 2. The molecule has 0 atom stereocenters. The van der Waals surface area contributed by atoms with Crippen molar-refractivity contribution in [3.05, 3.63) is 172 Å². The maximum Gasteiger partial charge on any atom is 0.338 e. The average molecular weight is 1680 g/mol. The summed E-state index contributed by atoms with van der Waals surface area (Å²) in [5.41, 5.74) is 6.22. The highest BCUT2D eigenvalue weighted by Crippen LogP contribution is 2.37. The van der Waals surface area contributed by atoms with E-state index in [4.69, 9.17) is 45.5 Å². The number of hydrogen-bond acceptors (Lipinski definition) is 21. The van der Waals surface area contributed by atoms with Gasteiger partial charge in [-0.1, -0.05) is 131 Å². The summed E-state index contributed by atoms with van der Waals surface area (Å²) in [6, 6.07) is 38.5. The van der Waals surface area contributed by atoms with E-state index in [1.165, 1.54) is 101 Å². The molecule has 0 spiro atoms. The summed E-state index contributed by atoms with van der Waals surface area (Å²) in [6.07, 6.45) is 16.8. The van der Waals surface area contributed by atoms with Crippen molar-refractivity contribution < 1.29 is 67.0 Å². The highest BCUT2D eigenvalue weighted by Gasteiger charge is 2.39. The van der Waals surface area contributed by atoms with Gasteiger partial charge < -0.3 is 44.3 Å². The molecule has 620 valence electrons. The van der Waals surface area contributed by atoms with Crippen LogP contribution in [0.15, 0.2) is 169 Å². The van der Waals surface area contributed by atoms with E-state index in [2.05, 4.69) is 31.4 Å². The molecule has 2 aliphatic heterocycles. The number of unbranched alkanes of at least 4 members (excludes halogenated alkanes) is 11. The van der Waals surface area contributed by atoms with Crippen molar-refractivity contribution in [2.75, 3.05) is 118 Å². The Kier molecular flexibility index (Phi) is 33.7. The molecule has 4 N–H and O–H groups in total. The molecule has 27 nitrogen and oxygen atoms in total. The molecule has 0 bridgehead atoms. The number of benzene rings is 7. The van der Waals surface area contributed by atoms with Crippen LogP contribution in [0.25, 0.3) is 0 Å². The van der Waals surface area contributed by atoms with Gasteiger partial charge in [0.15, 0.2) is 23.1 Å². The number of sulfonamides is 4. The standard InChI is InChI=1S/C44H62N6O8S2.C39H45ClN6O7S2/c1-7-9-10-11-12-13-14-15-16-17-18-21-30-58-44(52)34-24-27-39(57-5)37(32-34)47-43(51)41(42-48-60(55,56)40-23-20-19-22-38(40)49(42)4)46-36-26-25-35(31-33(36)3)50(8-2)29-28-45-59(6,53)54;1-7-45(21-19-41-54(6,48)49)30-15-16-31(27(3)24-30)42-37(39(47)44-33-25-29(40)14-18-35(33)52-5)38-43-32-11-8-9-12-36(32)55(50,51)46(38)20-10-22-53-34-17-13-26(2)23-28(34)4/h19-20,22-27,31-32,45H,7-18,21,28-30H2,1-6H3,(H,47,51);8-9,11-18,23-25,41H,7,10,19-22H2,1-6H3,(H,44,47). The number of amidine groups is 2. The lowest BCUT2D eigenvalue weighted by Gasteiger charge is -2.30. The smallest absolute Gasteiger partial charge is 0.338 e. The van der Waals surface area contributed by atoms with E-state index in [0.29, 0.717) is 70.9 Å². The second kappa shape index (κ2) is 42.7. The van der Waals surface area contributed by atoms with Gasteiger partial charge >= 0.3 is 5.97 Å². The predicted molar refractivity (Wildman–Crippen MR) is 461 cm³/mol. The zero-order valence-corrected chi connectivity index (χ0v) is 71.6. The Bertz CT molecular complexity index is 5200. The third kappa shape index (κ3) is 26.1. The molecule has 2 amide bonds. The Morgan fingerprint density at radius 3 is 1.58 bits per heavy atom. The number of hydrogen-bond donors (Lipinski definition) is 4.